The van der Waals surface area contributed by atoms with E-state index in [9.17, 15) is 0 Å². The number of ether oxygens (including phenoxy) is 1. The highest BCUT2D eigenvalue weighted by Gasteiger charge is 2.49. The molecule has 1 aromatic carbocycles. The van der Waals surface area contributed by atoms with Gasteiger partial charge in [-0.2, -0.15) is 0 Å². The van der Waals surface area contributed by atoms with Gasteiger partial charge in [0.15, 0.2) is 0 Å². The van der Waals surface area contributed by atoms with Gasteiger partial charge in [0, 0.05) is 29.1 Å². The summed E-state index contributed by atoms with van der Waals surface area (Å²) < 4.78 is 6.03. The molecule has 0 aliphatic heterocycles. The fraction of sp³-hybridized carbons (Fsp3) is 0.667. The first-order valence-corrected chi connectivity index (χ1v) is 8.31. The maximum Gasteiger partial charge on any atom is 0.0656 e. The first-order chi connectivity index (χ1) is 9.80. The Labute approximate surface area is 134 Å². The predicted molar refractivity (Wildman–Crippen MR) is 89.8 cm³/mol. The SMILES string of the molecule is CC(C)COC1CC(N[C@H](C)c2cccc(Cl)c2)C1(C)C. The summed E-state index contributed by atoms with van der Waals surface area (Å²) in [7, 11) is 0. The highest BCUT2D eigenvalue weighted by atomic mass is 35.5. The maximum absolute atomic E-state index is 6.08. The van der Waals surface area contributed by atoms with Crippen LogP contribution in [0.2, 0.25) is 5.02 Å². The van der Waals surface area contributed by atoms with Gasteiger partial charge in [0.2, 0.25) is 0 Å². The Morgan fingerprint density at radius 2 is 2.05 bits per heavy atom. The normalized spacial score (nSPS) is 25.7. The van der Waals surface area contributed by atoms with Crippen LogP contribution >= 0.6 is 11.6 Å². The monoisotopic (exact) mass is 309 g/mol. The topological polar surface area (TPSA) is 21.3 Å². The third-order valence-electron chi connectivity index (χ3n) is 4.61. The zero-order valence-electron chi connectivity index (χ0n) is 13.8. The molecule has 118 valence electrons. The van der Waals surface area contributed by atoms with Crippen LogP contribution in [-0.4, -0.2) is 18.8 Å². The molecule has 3 heteroatoms. The second kappa shape index (κ2) is 6.68. The van der Waals surface area contributed by atoms with Crippen molar-refractivity contribution in [2.45, 2.75) is 59.2 Å². The molecule has 0 heterocycles. The second-order valence-electron chi connectivity index (χ2n) is 7.27. The van der Waals surface area contributed by atoms with E-state index >= 15 is 0 Å². The zero-order chi connectivity index (χ0) is 15.6. The van der Waals surface area contributed by atoms with Crippen molar-refractivity contribution >= 4 is 11.6 Å². The van der Waals surface area contributed by atoms with Gasteiger partial charge in [-0.25, -0.2) is 0 Å². The Bertz CT molecular complexity index is 472. The fourth-order valence-electron chi connectivity index (χ4n) is 2.93. The average molecular weight is 310 g/mol. The van der Waals surface area contributed by atoms with Crippen molar-refractivity contribution < 1.29 is 4.74 Å². The molecule has 1 aliphatic rings. The lowest BCUT2D eigenvalue weighted by Crippen LogP contribution is -2.61. The van der Waals surface area contributed by atoms with E-state index in [1.54, 1.807) is 0 Å². The molecule has 1 aliphatic carbocycles. The quantitative estimate of drug-likeness (QED) is 0.812. The van der Waals surface area contributed by atoms with Crippen LogP contribution in [0.5, 0.6) is 0 Å². The Balaban J connectivity index is 1.90. The summed E-state index contributed by atoms with van der Waals surface area (Å²) >= 11 is 6.08. The molecule has 1 aromatic rings. The predicted octanol–water partition coefficient (Wildman–Crippen LogP) is 4.83. The van der Waals surface area contributed by atoms with Gasteiger partial charge in [-0.1, -0.05) is 51.4 Å². The lowest BCUT2D eigenvalue weighted by atomic mass is 9.64. The van der Waals surface area contributed by atoms with Crippen molar-refractivity contribution in [1.82, 2.24) is 5.32 Å². The number of hydrogen-bond donors (Lipinski definition) is 1. The van der Waals surface area contributed by atoms with Gasteiger partial charge in [0.25, 0.3) is 0 Å². The first kappa shape index (κ1) is 16.8. The highest BCUT2D eigenvalue weighted by Crippen LogP contribution is 2.44. The van der Waals surface area contributed by atoms with Crippen molar-refractivity contribution in [3.8, 4) is 0 Å². The van der Waals surface area contributed by atoms with Gasteiger partial charge in [0.05, 0.1) is 6.10 Å². The number of nitrogens with one attached hydrogen (secondary N) is 1. The fourth-order valence-corrected chi connectivity index (χ4v) is 3.13. The van der Waals surface area contributed by atoms with Crippen LogP contribution < -0.4 is 5.32 Å². The smallest absolute Gasteiger partial charge is 0.0656 e. The molecule has 0 saturated heterocycles. The van der Waals surface area contributed by atoms with Crippen molar-refractivity contribution in [1.29, 1.82) is 0 Å². The van der Waals surface area contributed by atoms with Crippen molar-refractivity contribution in [2.75, 3.05) is 6.61 Å². The van der Waals surface area contributed by atoms with Crippen LogP contribution in [0.3, 0.4) is 0 Å². The summed E-state index contributed by atoms with van der Waals surface area (Å²) in [6.45, 7) is 12.0. The van der Waals surface area contributed by atoms with Crippen LogP contribution in [0, 0.1) is 11.3 Å². The molecule has 2 nitrogen and oxygen atoms in total. The van der Waals surface area contributed by atoms with E-state index in [1.165, 1.54) is 5.56 Å². The summed E-state index contributed by atoms with van der Waals surface area (Å²) in [5.74, 6) is 0.596. The lowest BCUT2D eigenvalue weighted by Gasteiger charge is -2.53. The van der Waals surface area contributed by atoms with E-state index in [-0.39, 0.29) is 5.41 Å². The van der Waals surface area contributed by atoms with Crippen LogP contribution in [0.1, 0.15) is 52.6 Å². The molecule has 2 unspecified atom stereocenters. The molecule has 0 amide bonds. The molecule has 0 radical (unpaired) electrons. The van der Waals surface area contributed by atoms with Gasteiger partial charge in [-0.15, -0.1) is 0 Å². The van der Waals surface area contributed by atoms with Crippen molar-refractivity contribution in [3.63, 3.8) is 0 Å². The first-order valence-electron chi connectivity index (χ1n) is 7.93. The van der Waals surface area contributed by atoms with E-state index in [1.807, 2.05) is 18.2 Å². The van der Waals surface area contributed by atoms with E-state index in [4.69, 9.17) is 16.3 Å². The minimum absolute atomic E-state index is 0.182. The van der Waals surface area contributed by atoms with E-state index in [0.29, 0.717) is 24.1 Å². The minimum atomic E-state index is 0.182. The van der Waals surface area contributed by atoms with E-state index in [2.05, 4.69) is 46.0 Å². The summed E-state index contributed by atoms with van der Waals surface area (Å²) in [5.41, 5.74) is 1.42. The summed E-state index contributed by atoms with van der Waals surface area (Å²) in [4.78, 5) is 0. The Morgan fingerprint density at radius 1 is 1.33 bits per heavy atom. The molecule has 0 spiro atoms. The molecule has 2 rings (SSSR count). The molecule has 1 fully saturated rings. The molecule has 1 N–H and O–H groups in total. The van der Waals surface area contributed by atoms with Gasteiger partial charge >= 0.3 is 0 Å². The molecule has 3 atom stereocenters. The third kappa shape index (κ3) is 4.00. The number of rotatable bonds is 6. The zero-order valence-corrected chi connectivity index (χ0v) is 14.6. The van der Waals surface area contributed by atoms with Crippen molar-refractivity contribution in [3.05, 3.63) is 34.9 Å². The molecule has 0 bridgehead atoms. The molecule has 0 aromatic heterocycles. The van der Waals surface area contributed by atoms with Crippen LogP contribution in [0.15, 0.2) is 24.3 Å². The Kier molecular flexibility index (Phi) is 5.34. The summed E-state index contributed by atoms with van der Waals surface area (Å²) in [6.07, 6.45) is 1.45. The Hall–Kier alpha value is -0.570. The van der Waals surface area contributed by atoms with Crippen LogP contribution in [0.25, 0.3) is 0 Å². The van der Waals surface area contributed by atoms with Crippen molar-refractivity contribution in [2.24, 2.45) is 11.3 Å². The molecular weight excluding hydrogens is 282 g/mol. The summed E-state index contributed by atoms with van der Waals surface area (Å²) in [5, 5.41) is 4.53. The van der Waals surface area contributed by atoms with Gasteiger partial charge < -0.3 is 10.1 Å². The summed E-state index contributed by atoms with van der Waals surface area (Å²) in [6, 6.07) is 8.89. The highest BCUT2D eigenvalue weighted by molar-refractivity contribution is 6.30. The lowest BCUT2D eigenvalue weighted by molar-refractivity contribution is -0.125. The molecular formula is C18H28ClNO. The molecule has 1 saturated carbocycles. The number of halogens is 1. The van der Waals surface area contributed by atoms with Crippen LogP contribution in [0.4, 0.5) is 0 Å². The second-order valence-corrected chi connectivity index (χ2v) is 7.71. The van der Waals surface area contributed by atoms with E-state index in [0.717, 1.165) is 18.1 Å². The Morgan fingerprint density at radius 3 is 2.62 bits per heavy atom. The van der Waals surface area contributed by atoms with Gasteiger partial charge in [-0.05, 0) is 37.0 Å². The number of hydrogen-bond acceptors (Lipinski definition) is 2. The standard InChI is InChI=1S/C18H28ClNO/c1-12(2)11-21-17-10-16(18(17,4)5)20-13(3)14-7-6-8-15(19)9-14/h6-9,12-13,16-17,20H,10-11H2,1-5H3/t13-,16?,17?/m1/s1. The van der Waals surface area contributed by atoms with Crippen LogP contribution in [-0.2, 0) is 4.74 Å². The maximum atomic E-state index is 6.08. The van der Waals surface area contributed by atoms with Gasteiger partial charge in [0.1, 0.15) is 0 Å². The number of benzene rings is 1. The van der Waals surface area contributed by atoms with Gasteiger partial charge in [-0.3, -0.25) is 0 Å². The largest absolute Gasteiger partial charge is 0.377 e. The third-order valence-corrected chi connectivity index (χ3v) is 4.84. The average Bonchev–Trinajstić information content (AvgIpc) is 2.41. The molecule has 21 heavy (non-hydrogen) atoms. The minimum Gasteiger partial charge on any atom is -0.377 e. The van der Waals surface area contributed by atoms with E-state index < -0.39 is 0 Å².